The van der Waals surface area contributed by atoms with Crippen molar-refractivity contribution in [2.75, 3.05) is 18.9 Å². The molecule has 4 N–H and O–H groups in total. The SMILES string of the molecule is Nc1ncc2ncn(CCC(F)(CO)CO)c2n1. The number of halogens is 1. The van der Waals surface area contributed by atoms with Crippen molar-refractivity contribution in [1.29, 1.82) is 0 Å². The number of aliphatic hydroxyl groups is 2. The summed E-state index contributed by atoms with van der Waals surface area (Å²) in [6, 6.07) is 0. The van der Waals surface area contributed by atoms with Crippen molar-refractivity contribution in [1.82, 2.24) is 19.5 Å². The molecule has 8 heteroatoms. The van der Waals surface area contributed by atoms with Gasteiger partial charge in [0, 0.05) is 13.0 Å². The first kappa shape index (κ1) is 12.7. The van der Waals surface area contributed by atoms with Gasteiger partial charge in [0.05, 0.1) is 25.7 Å². The molecule has 0 saturated carbocycles. The standard InChI is InChI=1S/C10H14FN5O2/c11-10(4-17,5-18)1-2-16-6-14-7-3-13-9(12)15-8(7)16/h3,6,17-18H,1-2,4-5H2,(H2,12,13,15). The van der Waals surface area contributed by atoms with Gasteiger partial charge in [0.25, 0.3) is 0 Å². The number of imidazole rings is 1. The Hall–Kier alpha value is -1.80. The lowest BCUT2D eigenvalue weighted by atomic mass is 10.0. The summed E-state index contributed by atoms with van der Waals surface area (Å²) in [5, 5.41) is 17.7. The van der Waals surface area contributed by atoms with Gasteiger partial charge >= 0.3 is 0 Å². The third-order valence-electron chi connectivity index (χ3n) is 2.74. The van der Waals surface area contributed by atoms with Crippen LogP contribution in [0.2, 0.25) is 0 Å². The summed E-state index contributed by atoms with van der Waals surface area (Å²) in [6.07, 6.45) is 2.93. The molecule has 0 spiro atoms. The highest BCUT2D eigenvalue weighted by Crippen LogP contribution is 2.18. The van der Waals surface area contributed by atoms with E-state index in [0.29, 0.717) is 11.2 Å². The van der Waals surface area contributed by atoms with E-state index in [2.05, 4.69) is 15.0 Å². The molecule has 0 aromatic carbocycles. The number of nitrogens with zero attached hydrogens (tertiary/aromatic N) is 4. The van der Waals surface area contributed by atoms with E-state index in [0.717, 1.165) is 0 Å². The number of aliphatic hydroxyl groups excluding tert-OH is 2. The molecular weight excluding hydrogens is 241 g/mol. The van der Waals surface area contributed by atoms with E-state index in [1.54, 1.807) is 4.57 Å². The Morgan fingerprint density at radius 3 is 2.72 bits per heavy atom. The van der Waals surface area contributed by atoms with Crippen molar-refractivity contribution >= 4 is 17.1 Å². The third kappa shape index (κ3) is 2.39. The van der Waals surface area contributed by atoms with Crippen molar-refractivity contribution in [3.05, 3.63) is 12.5 Å². The number of fused-ring (bicyclic) bond motifs is 1. The van der Waals surface area contributed by atoms with Crippen molar-refractivity contribution < 1.29 is 14.6 Å². The van der Waals surface area contributed by atoms with E-state index in [-0.39, 0.29) is 18.9 Å². The lowest BCUT2D eigenvalue weighted by molar-refractivity contribution is 0.00683. The predicted octanol–water partition coefficient (Wildman–Crippen LogP) is -0.509. The highest BCUT2D eigenvalue weighted by Gasteiger charge is 2.27. The lowest BCUT2D eigenvalue weighted by Gasteiger charge is -2.20. The maximum atomic E-state index is 13.7. The molecule has 2 rings (SSSR count). The number of aryl methyl sites for hydroxylation is 1. The largest absolute Gasteiger partial charge is 0.393 e. The fraction of sp³-hybridized carbons (Fsp3) is 0.500. The zero-order valence-electron chi connectivity index (χ0n) is 9.62. The van der Waals surface area contributed by atoms with Crippen LogP contribution in [0, 0.1) is 0 Å². The summed E-state index contributed by atoms with van der Waals surface area (Å²) in [5.74, 6) is 0.111. The summed E-state index contributed by atoms with van der Waals surface area (Å²) in [4.78, 5) is 11.9. The zero-order valence-corrected chi connectivity index (χ0v) is 9.62. The van der Waals surface area contributed by atoms with E-state index in [4.69, 9.17) is 15.9 Å². The number of alkyl halides is 1. The van der Waals surface area contributed by atoms with Crippen LogP contribution >= 0.6 is 0 Å². The molecule has 2 aromatic heterocycles. The topological polar surface area (TPSA) is 110 Å². The minimum absolute atomic E-state index is 0.0463. The number of nitrogen functional groups attached to an aromatic ring is 1. The van der Waals surface area contributed by atoms with E-state index in [1.807, 2.05) is 0 Å². The molecular formula is C10H14FN5O2. The minimum Gasteiger partial charge on any atom is -0.393 e. The number of hydrogen-bond donors (Lipinski definition) is 3. The first-order chi connectivity index (χ1) is 8.58. The van der Waals surface area contributed by atoms with E-state index < -0.39 is 18.9 Å². The monoisotopic (exact) mass is 255 g/mol. The Kier molecular flexibility index (Phi) is 3.39. The summed E-state index contributed by atoms with van der Waals surface area (Å²) in [6.45, 7) is -1.23. The first-order valence-electron chi connectivity index (χ1n) is 5.42. The van der Waals surface area contributed by atoms with E-state index in [1.165, 1.54) is 12.5 Å². The molecule has 0 saturated heterocycles. The van der Waals surface area contributed by atoms with Crippen molar-refractivity contribution in [3.63, 3.8) is 0 Å². The molecule has 2 aromatic rings. The van der Waals surface area contributed by atoms with Crippen LogP contribution in [0.25, 0.3) is 11.2 Å². The Balaban J connectivity index is 2.19. The van der Waals surface area contributed by atoms with Gasteiger partial charge in [-0.1, -0.05) is 0 Å². The maximum absolute atomic E-state index is 13.7. The Labute approximate surface area is 102 Å². The first-order valence-corrected chi connectivity index (χ1v) is 5.42. The second-order valence-corrected chi connectivity index (χ2v) is 4.09. The van der Waals surface area contributed by atoms with Crippen molar-refractivity contribution in [3.8, 4) is 0 Å². The van der Waals surface area contributed by atoms with Crippen molar-refractivity contribution in [2.45, 2.75) is 18.6 Å². The van der Waals surface area contributed by atoms with Gasteiger partial charge in [0.1, 0.15) is 5.52 Å². The minimum atomic E-state index is -2.00. The van der Waals surface area contributed by atoms with Gasteiger partial charge in [0.2, 0.25) is 5.95 Å². The van der Waals surface area contributed by atoms with Gasteiger partial charge in [-0.25, -0.2) is 14.4 Å². The normalized spacial score (nSPS) is 12.2. The van der Waals surface area contributed by atoms with Gasteiger partial charge in [0.15, 0.2) is 11.3 Å². The van der Waals surface area contributed by atoms with Crippen LogP contribution in [0.15, 0.2) is 12.5 Å². The maximum Gasteiger partial charge on any atom is 0.222 e. The Morgan fingerprint density at radius 2 is 2.06 bits per heavy atom. The molecule has 0 aliphatic carbocycles. The highest BCUT2D eigenvalue weighted by molar-refractivity contribution is 5.70. The highest BCUT2D eigenvalue weighted by atomic mass is 19.1. The quantitative estimate of drug-likeness (QED) is 0.663. The predicted molar refractivity (Wildman–Crippen MR) is 62.4 cm³/mol. The van der Waals surface area contributed by atoms with Gasteiger partial charge in [-0.15, -0.1) is 0 Å². The van der Waals surface area contributed by atoms with Gasteiger partial charge in [-0.2, -0.15) is 4.98 Å². The van der Waals surface area contributed by atoms with Crippen LogP contribution in [0.1, 0.15) is 6.42 Å². The van der Waals surface area contributed by atoms with Crippen molar-refractivity contribution in [2.24, 2.45) is 0 Å². The van der Waals surface area contributed by atoms with Crippen LogP contribution in [-0.4, -0.2) is 48.6 Å². The summed E-state index contributed by atoms with van der Waals surface area (Å²) in [5.41, 5.74) is 4.52. The lowest BCUT2D eigenvalue weighted by Crippen LogP contribution is -2.33. The number of anilines is 1. The third-order valence-corrected chi connectivity index (χ3v) is 2.74. The fourth-order valence-electron chi connectivity index (χ4n) is 1.56. The summed E-state index contributed by atoms with van der Waals surface area (Å²) in [7, 11) is 0. The summed E-state index contributed by atoms with van der Waals surface area (Å²) >= 11 is 0. The van der Waals surface area contributed by atoms with Crippen LogP contribution in [0.3, 0.4) is 0 Å². The van der Waals surface area contributed by atoms with Gasteiger partial charge < -0.3 is 20.5 Å². The molecule has 0 radical (unpaired) electrons. The Morgan fingerprint density at radius 1 is 1.33 bits per heavy atom. The molecule has 7 nitrogen and oxygen atoms in total. The molecule has 0 bridgehead atoms. The average Bonchev–Trinajstić information content (AvgIpc) is 2.78. The molecule has 0 fully saturated rings. The average molecular weight is 255 g/mol. The number of hydrogen-bond acceptors (Lipinski definition) is 6. The van der Waals surface area contributed by atoms with E-state index in [9.17, 15) is 4.39 Å². The van der Waals surface area contributed by atoms with E-state index >= 15 is 0 Å². The number of aromatic nitrogens is 4. The second kappa shape index (κ2) is 4.83. The van der Waals surface area contributed by atoms with Crippen LogP contribution in [0.4, 0.5) is 10.3 Å². The molecule has 98 valence electrons. The second-order valence-electron chi connectivity index (χ2n) is 4.09. The molecule has 0 amide bonds. The Bertz CT molecular complexity index is 540. The molecule has 0 aliphatic heterocycles. The van der Waals surface area contributed by atoms with Gasteiger partial charge in [-0.3, -0.25) is 0 Å². The van der Waals surface area contributed by atoms with Crippen LogP contribution in [0.5, 0.6) is 0 Å². The molecule has 2 heterocycles. The van der Waals surface area contributed by atoms with Crippen LogP contribution < -0.4 is 5.73 Å². The van der Waals surface area contributed by atoms with Crippen LogP contribution in [-0.2, 0) is 6.54 Å². The van der Waals surface area contributed by atoms with Gasteiger partial charge in [-0.05, 0) is 0 Å². The zero-order chi connectivity index (χ0) is 13.2. The number of rotatable bonds is 5. The number of nitrogens with two attached hydrogens (primary N) is 1. The summed E-state index contributed by atoms with van der Waals surface area (Å²) < 4.78 is 15.3. The molecule has 0 atom stereocenters. The smallest absolute Gasteiger partial charge is 0.222 e. The molecule has 0 unspecified atom stereocenters. The molecule has 18 heavy (non-hydrogen) atoms. The fourth-order valence-corrected chi connectivity index (χ4v) is 1.56. The molecule has 0 aliphatic rings.